The van der Waals surface area contributed by atoms with E-state index in [2.05, 4.69) is 9.97 Å². The number of halogens is 1. The highest BCUT2D eigenvalue weighted by Gasteiger charge is 2.09. The van der Waals surface area contributed by atoms with Crippen LogP contribution in [0.1, 0.15) is 6.92 Å². The van der Waals surface area contributed by atoms with Gasteiger partial charge in [0.1, 0.15) is 10.0 Å². The Morgan fingerprint density at radius 3 is 3.13 bits per heavy atom. The fourth-order valence-corrected chi connectivity index (χ4v) is 1.75. The quantitative estimate of drug-likeness (QED) is 0.490. The average Bonchev–Trinajstić information content (AvgIpc) is 2.21. The number of hydrogen-bond acceptors (Lipinski definition) is 5. The van der Waals surface area contributed by atoms with Crippen LogP contribution in [-0.4, -0.2) is 28.3 Å². The zero-order valence-corrected chi connectivity index (χ0v) is 9.52. The summed E-state index contributed by atoms with van der Waals surface area (Å²) < 4.78 is 4.72. The van der Waals surface area contributed by atoms with Gasteiger partial charge >= 0.3 is 5.97 Å². The number of carbonyl (C=O) groups is 1. The Morgan fingerprint density at radius 2 is 2.47 bits per heavy atom. The number of thioether (sulfide) groups is 1. The Balaban J connectivity index is 2.62. The molecule has 7 heteroatoms. The van der Waals surface area contributed by atoms with Crippen LogP contribution in [0.2, 0.25) is 5.02 Å². The van der Waals surface area contributed by atoms with Crippen molar-refractivity contribution >= 4 is 29.3 Å². The Bertz CT molecular complexity index is 407. The van der Waals surface area contributed by atoms with Gasteiger partial charge in [-0.05, 0) is 6.92 Å². The van der Waals surface area contributed by atoms with Gasteiger partial charge in [0, 0.05) is 0 Å². The maximum atomic E-state index is 11.1. The maximum Gasteiger partial charge on any atom is 0.316 e. The van der Waals surface area contributed by atoms with Gasteiger partial charge in [-0.15, -0.1) is 0 Å². The van der Waals surface area contributed by atoms with E-state index in [-0.39, 0.29) is 16.7 Å². The normalized spacial score (nSPS) is 10.0. The predicted octanol–water partition coefficient (Wildman–Crippen LogP) is 1.08. The van der Waals surface area contributed by atoms with E-state index in [9.17, 15) is 9.59 Å². The van der Waals surface area contributed by atoms with Crippen LogP contribution in [0.5, 0.6) is 0 Å². The van der Waals surface area contributed by atoms with E-state index in [4.69, 9.17) is 16.3 Å². The number of esters is 1. The van der Waals surface area contributed by atoms with Crippen molar-refractivity contribution in [2.24, 2.45) is 0 Å². The van der Waals surface area contributed by atoms with Crippen molar-refractivity contribution in [3.05, 3.63) is 21.7 Å². The van der Waals surface area contributed by atoms with Crippen molar-refractivity contribution in [1.82, 2.24) is 9.97 Å². The van der Waals surface area contributed by atoms with Crippen molar-refractivity contribution < 1.29 is 9.53 Å². The molecule has 0 saturated carbocycles. The minimum atomic E-state index is -0.418. The SMILES string of the molecule is CCOC(=O)CSc1nc[nH]c(=O)c1Cl. The van der Waals surface area contributed by atoms with Crippen molar-refractivity contribution in [3.63, 3.8) is 0 Å². The maximum absolute atomic E-state index is 11.1. The first-order chi connectivity index (χ1) is 7.15. The number of rotatable bonds is 4. The van der Waals surface area contributed by atoms with Gasteiger partial charge < -0.3 is 9.72 Å². The molecule has 5 nitrogen and oxygen atoms in total. The topological polar surface area (TPSA) is 72.0 Å². The number of nitrogens with zero attached hydrogens (tertiary/aromatic N) is 1. The summed E-state index contributed by atoms with van der Waals surface area (Å²) in [5.74, 6) is -0.273. The van der Waals surface area contributed by atoms with Gasteiger partial charge in [-0.25, -0.2) is 4.98 Å². The summed E-state index contributed by atoms with van der Waals surface area (Å²) in [4.78, 5) is 28.2. The molecule has 0 aliphatic carbocycles. The van der Waals surface area contributed by atoms with Gasteiger partial charge in [-0.2, -0.15) is 0 Å². The van der Waals surface area contributed by atoms with Gasteiger partial charge in [0.05, 0.1) is 18.7 Å². The number of H-pyrrole nitrogens is 1. The van der Waals surface area contributed by atoms with Crippen LogP contribution in [0.4, 0.5) is 0 Å². The monoisotopic (exact) mass is 248 g/mol. The van der Waals surface area contributed by atoms with Crippen molar-refractivity contribution in [2.75, 3.05) is 12.4 Å². The second-order valence-electron chi connectivity index (χ2n) is 2.44. The van der Waals surface area contributed by atoms with Crippen molar-refractivity contribution in [2.45, 2.75) is 11.9 Å². The van der Waals surface area contributed by atoms with E-state index in [1.165, 1.54) is 6.33 Å². The standard InChI is InChI=1S/C8H9ClN2O3S/c1-2-14-5(12)3-15-8-6(9)7(13)10-4-11-8/h4H,2-3H2,1H3,(H,10,11,13). The molecule has 1 aromatic heterocycles. The van der Waals surface area contributed by atoms with E-state index >= 15 is 0 Å². The molecule has 15 heavy (non-hydrogen) atoms. The Morgan fingerprint density at radius 1 is 1.73 bits per heavy atom. The summed E-state index contributed by atoms with van der Waals surface area (Å²) in [7, 11) is 0. The molecule has 1 heterocycles. The van der Waals surface area contributed by atoms with Crippen LogP contribution in [-0.2, 0) is 9.53 Å². The fraction of sp³-hybridized carbons (Fsp3) is 0.375. The second-order valence-corrected chi connectivity index (χ2v) is 3.79. The zero-order valence-electron chi connectivity index (χ0n) is 7.95. The molecular weight excluding hydrogens is 240 g/mol. The minimum Gasteiger partial charge on any atom is -0.465 e. The molecule has 1 N–H and O–H groups in total. The molecule has 0 atom stereocenters. The third-order valence-electron chi connectivity index (χ3n) is 1.40. The Hall–Kier alpha value is -1.01. The summed E-state index contributed by atoms with van der Waals surface area (Å²) in [5.41, 5.74) is -0.418. The summed E-state index contributed by atoms with van der Waals surface area (Å²) >= 11 is 6.75. The van der Waals surface area contributed by atoms with E-state index in [0.29, 0.717) is 11.6 Å². The molecule has 82 valence electrons. The van der Waals surface area contributed by atoms with Gasteiger partial charge in [0.25, 0.3) is 5.56 Å². The van der Waals surface area contributed by atoms with E-state index in [1.807, 2.05) is 0 Å². The van der Waals surface area contributed by atoms with Gasteiger partial charge in [0.15, 0.2) is 0 Å². The summed E-state index contributed by atoms with van der Waals surface area (Å²) in [6, 6.07) is 0. The third kappa shape index (κ3) is 3.56. The zero-order chi connectivity index (χ0) is 11.3. The number of carbonyl (C=O) groups excluding carboxylic acids is 1. The van der Waals surface area contributed by atoms with Crippen LogP contribution in [0.3, 0.4) is 0 Å². The molecule has 0 saturated heterocycles. The molecule has 0 bridgehead atoms. The molecule has 1 rings (SSSR count). The lowest BCUT2D eigenvalue weighted by atomic mass is 10.6. The first-order valence-corrected chi connectivity index (χ1v) is 5.53. The third-order valence-corrected chi connectivity index (χ3v) is 2.82. The summed E-state index contributed by atoms with van der Waals surface area (Å²) in [6.45, 7) is 2.05. The predicted molar refractivity (Wildman–Crippen MR) is 57.2 cm³/mol. The highest BCUT2D eigenvalue weighted by Crippen LogP contribution is 2.20. The molecule has 0 aliphatic heterocycles. The lowest BCUT2D eigenvalue weighted by molar-refractivity contribution is -0.139. The molecular formula is C8H9ClN2O3S. The van der Waals surface area contributed by atoms with Gasteiger partial charge in [-0.3, -0.25) is 9.59 Å². The molecule has 1 aromatic rings. The smallest absolute Gasteiger partial charge is 0.316 e. The molecule has 0 radical (unpaired) electrons. The van der Waals surface area contributed by atoms with E-state index < -0.39 is 5.56 Å². The van der Waals surface area contributed by atoms with Crippen LogP contribution < -0.4 is 5.56 Å². The average molecular weight is 249 g/mol. The number of hydrogen-bond donors (Lipinski definition) is 1. The lowest BCUT2D eigenvalue weighted by Gasteiger charge is -2.01. The van der Waals surface area contributed by atoms with Crippen LogP contribution in [0.25, 0.3) is 0 Å². The summed E-state index contributed by atoms with van der Waals surface area (Å²) in [6.07, 6.45) is 1.24. The van der Waals surface area contributed by atoms with Crippen molar-refractivity contribution in [3.8, 4) is 0 Å². The van der Waals surface area contributed by atoms with Gasteiger partial charge in [-0.1, -0.05) is 23.4 Å². The lowest BCUT2D eigenvalue weighted by Crippen LogP contribution is -2.10. The molecule has 0 amide bonds. The minimum absolute atomic E-state index is 0.00759. The number of nitrogens with one attached hydrogen (secondary N) is 1. The summed E-state index contributed by atoms with van der Waals surface area (Å²) in [5, 5.41) is 0.320. The molecule has 0 aromatic carbocycles. The highest BCUT2D eigenvalue weighted by molar-refractivity contribution is 8.00. The number of aromatic nitrogens is 2. The van der Waals surface area contributed by atoms with Crippen LogP contribution in [0.15, 0.2) is 16.1 Å². The van der Waals surface area contributed by atoms with E-state index in [0.717, 1.165) is 11.8 Å². The number of ether oxygens (including phenoxy) is 1. The Labute approximate surface area is 95.2 Å². The largest absolute Gasteiger partial charge is 0.465 e. The Kier molecular flexibility index (Phi) is 4.64. The second kappa shape index (κ2) is 5.77. The fourth-order valence-electron chi connectivity index (χ4n) is 0.797. The van der Waals surface area contributed by atoms with Crippen LogP contribution >= 0.6 is 23.4 Å². The van der Waals surface area contributed by atoms with Crippen LogP contribution in [0, 0.1) is 0 Å². The van der Waals surface area contributed by atoms with E-state index in [1.54, 1.807) is 6.92 Å². The highest BCUT2D eigenvalue weighted by atomic mass is 35.5. The first kappa shape index (κ1) is 12.1. The number of aromatic amines is 1. The first-order valence-electron chi connectivity index (χ1n) is 4.16. The molecule has 0 unspecified atom stereocenters. The molecule has 0 fully saturated rings. The molecule has 0 aliphatic rings. The van der Waals surface area contributed by atoms with Crippen molar-refractivity contribution in [1.29, 1.82) is 0 Å². The molecule has 0 spiro atoms. The van der Waals surface area contributed by atoms with Gasteiger partial charge in [0.2, 0.25) is 0 Å².